The normalized spacial score (nSPS) is 23.5. The van der Waals surface area contributed by atoms with E-state index < -0.39 is 0 Å². The molecule has 30 heavy (non-hydrogen) atoms. The van der Waals surface area contributed by atoms with Gasteiger partial charge in [0.2, 0.25) is 5.91 Å². The molecule has 2 saturated carbocycles. The highest BCUT2D eigenvalue weighted by molar-refractivity contribution is 6.30. The van der Waals surface area contributed by atoms with Gasteiger partial charge in [-0.25, -0.2) is 0 Å². The topological polar surface area (TPSA) is 76.7 Å². The fourth-order valence-corrected chi connectivity index (χ4v) is 4.19. The fraction of sp³-hybridized carbons (Fsp3) is 0.364. The molecule has 2 fully saturated rings. The van der Waals surface area contributed by atoms with Crippen molar-refractivity contribution in [2.45, 2.75) is 18.4 Å². The second kappa shape index (κ2) is 8.74. The summed E-state index contributed by atoms with van der Waals surface area (Å²) in [5.41, 5.74) is -0.234. The van der Waals surface area contributed by atoms with Crippen LogP contribution in [0.25, 0.3) is 0 Å². The summed E-state index contributed by atoms with van der Waals surface area (Å²) in [6.45, 7) is 0.753. The van der Waals surface area contributed by atoms with E-state index in [1.165, 1.54) is 0 Å². The number of halogens is 2. The minimum Gasteiger partial charge on any atom is -0.492 e. The van der Waals surface area contributed by atoms with Gasteiger partial charge in [-0.05, 0) is 67.3 Å². The number of hydrogen-bond acceptors (Lipinski definition) is 4. The second-order valence-corrected chi connectivity index (χ2v) is 8.53. The number of fused-ring (bicyclic) bond motifs is 1. The van der Waals surface area contributed by atoms with Crippen LogP contribution in [0, 0.1) is 11.8 Å². The van der Waals surface area contributed by atoms with Gasteiger partial charge in [-0.15, -0.1) is 0 Å². The molecule has 0 saturated heterocycles. The third kappa shape index (κ3) is 4.82. The van der Waals surface area contributed by atoms with E-state index in [4.69, 9.17) is 32.7 Å². The summed E-state index contributed by atoms with van der Waals surface area (Å²) in [6, 6.07) is 13.9. The van der Waals surface area contributed by atoms with E-state index in [-0.39, 0.29) is 35.8 Å². The zero-order valence-electron chi connectivity index (χ0n) is 16.2. The van der Waals surface area contributed by atoms with Gasteiger partial charge in [-0.1, -0.05) is 23.2 Å². The molecule has 0 spiro atoms. The number of carbonyl (C=O) groups excluding carboxylic acids is 2. The van der Waals surface area contributed by atoms with Crippen molar-refractivity contribution in [1.82, 2.24) is 10.6 Å². The Morgan fingerprint density at radius 3 is 2.13 bits per heavy atom. The van der Waals surface area contributed by atoms with Crippen molar-refractivity contribution in [3.05, 3.63) is 58.6 Å². The first-order chi connectivity index (χ1) is 14.4. The summed E-state index contributed by atoms with van der Waals surface area (Å²) in [4.78, 5) is 24.5. The molecular formula is C22H22Cl2N2O4. The van der Waals surface area contributed by atoms with Crippen LogP contribution in [0.4, 0.5) is 0 Å². The lowest BCUT2D eigenvalue weighted by Gasteiger charge is -2.34. The van der Waals surface area contributed by atoms with Gasteiger partial charge in [-0.3, -0.25) is 9.59 Å². The molecule has 3 atom stereocenters. The highest BCUT2D eigenvalue weighted by Crippen LogP contribution is 2.63. The van der Waals surface area contributed by atoms with E-state index >= 15 is 0 Å². The minimum absolute atomic E-state index is 0.0134. The van der Waals surface area contributed by atoms with E-state index in [9.17, 15) is 9.59 Å². The van der Waals surface area contributed by atoms with Crippen LogP contribution < -0.4 is 20.1 Å². The third-order valence-electron chi connectivity index (χ3n) is 5.60. The van der Waals surface area contributed by atoms with Crippen LogP contribution in [0.15, 0.2) is 48.5 Å². The fourth-order valence-electron chi connectivity index (χ4n) is 3.94. The van der Waals surface area contributed by atoms with E-state index in [0.29, 0.717) is 41.1 Å². The largest absolute Gasteiger partial charge is 0.492 e. The lowest BCUT2D eigenvalue weighted by Crippen LogP contribution is -2.52. The molecule has 3 unspecified atom stereocenters. The van der Waals surface area contributed by atoms with Gasteiger partial charge in [0, 0.05) is 21.5 Å². The van der Waals surface area contributed by atoms with Gasteiger partial charge in [0.05, 0.1) is 6.54 Å². The van der Waals surface area contributed by atoms with Gasteiger partial charge in [0.25, 0.3) is 5.91 Å². The van der Waals surface area contributed by atoms with Gasteiger partial charge < -0.3 is 20.1 Å². The van der Waals surface area contributed by atoms with Crippen molar-refractivity contribution in [3.8, 4) is 11.5 Å². The van der Waals surface area contributed by atoms with E-state index in [1.807, 2.05) is 0 Å². The number of carbonyl (C=O) groups is 2. The van der Waals surface area contributed by atoms with Crippen LogP contribution in [-0.4, -0.2) is 37.1 Å². The highest BCUT2D eigenvalue weighted by atomic mass is 35.5. The Morgan fingerprint density at radius 1 is 0.933 bits per heavy atom. The Bertz CT molecular complexity index is 920. The molecule has 2 N–H and O–H groups in total. The molecule has 0 aromatic heterocycles. The van der Waals surface area contributed by atoms with Crippen molar-refractivity contribution in [2.24, 2.45) is 11.8 Å². The molecule has 2 amide bonds. The molecule has 0 bridgehead atoms. The van der Waals surface area contributed by atoms with Crippen LogP contribution >= 0.6 is 23.2 Å². The molecule has 0 radical (unpaired) electrons. The standard InChI is InChI=1S/C22H22Cl2N2O4/c23-14-1-5-16(6-2-14)29-10-9-25-21(28)18-11-22(12-19(18)22)26-20(27)13-30-17-7-3-15(24)4-8-17/h1-8,18-19H,9-13H2,(H,25,28)(H,26,27). The van der Waals surface area contributed by atoms with E-state index in [1.54, 1.807) is 48.5 Å². The lowest BCUT2D eigenvalue weighted by molar-refractivity contribution is -0.131. The average Bonchev–Trinajstić information content (AvgIpc) is 3.29. The summed E-state index contributed by atoms with van der Waals surface area (Å²) < 4.78 is 11.0. The summed E-state index contributed by atoms with van der Waals surface area (Å²) >= 11 is 11.7. The summed E-state index contributed by atoms with van der Waals surface area (Å²) in [6.07, 6.45) is 1.49. The van der Waals surface area contributed by atoms with Crippen molar-refractivity contribution >= 4 is 35.0 Å². The van der Waals surface area contributed by atoms with Crippen molar-refractivity contribution in [2.75, 3.05) is 19.8 Å². The minimum atomic E-state index is -0.234. The Morgan fingerprint density at radius 2 is 1.53 bits per heavy atom. The first-order valence-corrected chi connectivity index (χ1v) is 10.6. The zero-order valence-corrected chi connectivity index (χ0v) is 17.7. The molecule has 2 aliphatic carbocycles. The summed E-state index contributed by atoms with van der Waals surface area (Å²) in [7, 11) is 0. The maximum atomic E-state index is 12.4. The number of ether oxygens (including phenoxy) is 2. The molecule has 2 aliphatic rings. The van der Waals surface area contributed by atoms with Crippen molar-refractivity contribution in [1.29, 1.82) is 0 Å². The van der Waals surface area contributed by atoms with Crippen LogP contribution in [-0.2, 0) is 9.59 Å². The monoisotopic (exact) mass is 448 g/mol. The molecule has 0 heterocycles. The number of nitrogens with one attached hydrogen (secondary N) is 2. The number of amides is 2. The maximum absolute atomic E-state index is 12.4. The number of hydrogen-bond donors (Lipinski definition) is 2. The summed E-state index contributed by atoms with van der Waals surface area (Å²) in [5, 5.41) is 7.19. The highest BCUT2D eigenvalue weighted by Gasteiger charge is 2.69. The van der Waals surface area contributed by atoms with Gasteiger partial charge in [0.15, 0.2) is 6.61 Å². The predicted molar refractivity (Wildman–Crippen MR) is 114 cm³/mol. The SMILES string of the molecule is O=C(COc1ccc(Cl)cc1)NC12CC(C(=O)NCCOc3ccc(Cl)cc3)C1C2. The van der Waals surface area contributed by atoms with Gasteiger partial charge in [0.1, 0.15) is 18.1 Å². The molecule has 2 aromatic carbocycles. The number of rotatable bonds is 9. The Kier molecular flexibility index (Phi) is 6.06. The molecule has 4 rings (SSSR count). The molecule has 0 aliphatic heterocycles. The molecule has 158 valence electrons. The van der Waals surface area contributed by atoms with Crippen LogP contribution in [0.1, 0.15) is 12.8 Å². The lowest BCUT2D eigenvalue weighted by atomic mass is 9.79. The molecular weight excluding hydrogens is 427 g/mol. The third-order valence-corrected chi connectivity index (χ3v) is 6.10. The quantitative estimate of drug-likeness (QED) is 0.575. The van der Waals surface area contributed by atoms with Crippen molar-refractivity contribution < 1.29 is 19.1 Å². The van der Waals surface area contributed by atoms with Crippen LogP contribution in [0.3, 0.4) is 0 Å². The second-order valence-electron chi connectivity index (χ2n) is 7.66. The zero-order chi connectivity index (χ0) is 21.1. The molecule has 6 nitrogen and oxygen atoms in total. The molecule has 2 aromatic rings. The van der Waals surface area contributed by atoms with E-state index in [0.717, 1.165) is 6.42 Å². The van der Waals surface area contributed by atoms with Crippen molar-refractivity contribution in [3.63, 3.8) is 0 Å². The number of benzene rings is 2. The van der Waals surface area contributed by atoms with E-state index in [2.05, 4.69) is 10.6 Å². The predicted octanol–water partition coefficient (Wildman–Crippen LogP) is 3.46. The first kappa shape index (κ1) is 20.8. The average molecular weight is 449 g/mol. The first-order valence-electron chi connectivity index (χ1n) is 9.81. The summed E-state index contributed by atoms with van der Waals surface area (Å²) in [5.74, 6) is 1.28. The maximum Gasteiger partial charge on any atom is 0.258 e. The Balaban J connectivity index is 1.13. The van der Waals surface area contributed by atoms with Crippen LogP contribution in [0.2, 0.25) is 10.0 Å². The van der Waals surface area contributed by atoms with Gasteiger partial charge >= 0.3 is 0 Å². The van der Waals surface area contributed by atoms with Gasteiger partial charge in [-0.2, -0.15) is 0 Å². The van der Waals surface area contributed by atoms with Crippen LogP contribution in [0.5, 0.6) is 11.5 Å². The molecule has 8 heteroatoms. The Hall–Kier alpha value is -2.44. The smallest absolute Gasteiger partial charge is 0.258 e. The Labute approximate surface area is 184 Å².